The average molecular weight is 228 g/mol. The fourth-order valence-corrected chi connectivity index (χ4v) is 1.58. The third kappa shape index (κ3) is 3.32. The van der Waals surface area contributed by atoms with Crippen LogP contribution in [0.1, 0.15) is 23.0 Å². The third-order valence-electron chi connectivity index (χ3n) is 1.77. The largest absolute Gasteiger partial charge is 0.283 e. The lowest BCUT2D eigenvalue weighted by molar-refractivity contribution is 0.0976. The molecule has 1 aromatic rings. The zero-order valence-electron chi connectivity index (χ0n) is 8.52. The molecule has 0 aliphatic heterocycles. The molecule has 1 amide bonds. The molecule has 1 rings (SSSR count). The number of nitrogens with one attached hydrogen (secondary N) is 1. The van der Waals surface area contributed by atoms with E-state index >= 15 is 0 Å². The molecule has 0 radical (unpaired) electrons. The number of amides is 1. The lowest BCUT2D eigenvalue weighted by Gasteiger charge is -2.05. The van der Waals surface area contributed by atoms with Crippen LogP contribution in [0.5, 0.6) is 0 Å². The molecular weight excluding hydrogens is 216 g/mol. The number of rotatable bonds is 3. The Bertz CT molecular complexity index is 468. The van der Waals surface area contributed by atoms with Crippen LogP contribution in [-0.4, -0.2) is 25.6 Å². The van der Waals surface area contributed by atoms with Gasteiger partial charge in [-0.25, -0.2) is 13.1 Å². The molecule has 0 aliphatic rings. The Morgan fingerprint density at radius 3 is 2.73 bits per heavy atom. The average Bonchev–Trinajstić information content (AvgIpc) is 2.15. The van der Waals surface area contributed by atoms with E-state index in [4.69, 9.17) is 0 Å². The summed E-state index contributed by atoms with van der Waals surface area (Å²) in [5.74, 6) is -0.685. The van der Waals surface area contributed by atoms with Crippen molar-refractivity contribution in [1.82, 2.24) is 9.71 Å². The van der Waals surface area contributed by atoms with Crippen molar-refractivity contribution in [3.05, 3.63) is 29.6 Å². The maximum absolute atomic E-state index is 11.5. The Morgan fingerprint density at radius 1 is 1.53 bits per heavy atom. The molecule has 0 aliphatic carbocycles. The molecule has 1 heterocycles. The minimum atomic E-state index is -3.54. The number of hydrogen-bond acceptors (Lipinski definition) is 4. The van der Waals surface area contributed by atoms with Gasteiger partial charge in [-0.1, -0.05) is 13.0 Å². The van der Waals surface area contributed by atoms with E-state index in [0.717, 1.165) is 11.8 Å². The molecule has 0 saturated heterocycles. The molecule has 0 spiro atoms. The summed E-state index contributed by atoms with van der Waals surface area (Å²) >= 11 is 0. The van der Waals surface area contributed by atoms with E-state index in [-0.39, 0.29) is 5.69 Å². The van der Waals surface area contributed by atoms with Crippen molar-refractivity contribution in [2.24, 2.45) is 0 Å². The van der Waals surface area contributed by atoms with E-state index in [2.05, 4.69) is 4.98 Å². The van der Waals surface area contributed by atoms with Crippen LogP contribution in [0.2, 0.25) is 0 Å². The second-order valence-electron chi connectivity index (χ2n) is 3.07. The lowest BCUT2D eigenvalue weighted by atomic mass is 10.1. The lowest BCUT2D eigenvalue weighted by Crippen LogP contribution is -2.30. The highest BCUT2D eigenvalue weighted by atomic mass is 32.2. The maximum atomic E-state index is 11.5. The van der Waals surface area contributed by atoms with E-state index in [1.165, 1.54) is 6.20 Å². The van der Waals surface area contributed by atoms with Crippen LogP contribution in [0.25, 0.3) is 0 Å². The summed E-state index contributed by atoms with van der Waals surface area (Å²) in [5, 5.41) is 0. The monoisotopic (exact) mass is 228 g/mol. The Hall–Kier alpha value is -1.43. The van der Waals surface area contributed by atoms with Gasteiger partial charge in [0.15, 0.2) is 0 Å². The van der Waals surface area contributed by atoms with Gasteiger partial charge in [0, 0.05) is 6.20 Å². The Morgan fingerprint density at radius 2 is 2.20 bits per heavy atom. The highest BCUT2D eigenvalue weighted by Crippen LogP contribution is 2.05. The second-order valence-corrected chi connectivity index (χ2v) is 4.82. The van der Waals surface area contributed by atoms with Gasteiger partial charge in [-0.3, -0.25) is 9.78 Å². The number of aryl methyl sites for hydroxylation is 1. The molecule has 1 aromatic heterocycles. The number of carbonyl (C=O) groups excluding carboxylic acids is 1. The summed E-state index contributed by atoms with van der Waals surface area (Å²) in [6, 6.07) is 3.44. The first-order valence-corrected chi connectivity index (χ1v) is 6.29. The summed E-state index contributed by atoms with van der Waals surface area (Å²) in [6.45, 7) is 1.87. The van der Waals surface area contributed by atoms with Crippen LogP contribution in [0.3, 0.4) is 0 Å². The van der Waals surface area contributed by atoms with Crippen LogP contribution in [0, 0.1) is 0 Å². The zero-order chi connectivity index (χ0) is 11.5. The number of nitrogens with zero attached hydrogens (tertiary/aromatic N) is 1. The normalized spacial score (nSPS) is 11.1. The van der Waals surface area contributed by atoms with Crippen molar-refractivity contribution in [1.29, 1.82) is 0 Å². The predicted octanol–water partition coefficient (Wildman–Crippen LogP) is 0.333. The third-order valence-corrected chi connectivity index (χ3v) is 2.32. The molecule has 0 bridgehead atoms. The Balaban J connectivity index is 3.01. The summed E-state index contributed by atoms with van der Waals surface area (Å²) in [4.78, 5) is 15.3. The van der Waals surface area contributed by atoms with Crippen molar-refractivity contribution in [3.8, 4) is 0 Å². The highest BCUT2D eigenvalue weighted by molar-refractivity contribution is 7.89. The van der Waals surface area contributed by atoms with Crippen molar-refractivity contribution in [2.75, 3.05) is 6.26 Å². The molecule has 5 nitrogen and oxygen atoms in total. The van der Waals surface area contributed by atoms with Gasteiger partial charge in [-0.05, 0) is 18.1 Å². The summed E-state index contributed by atoms with van der Waals surface area (Å²) < 4.78 is 23.6. The van der Waals surface area contributed by atoms with Gasteiger partial charge in [-0.15, -0.1) is 0 Å². The van der Waals surface area contributed by atoms with E-state index < -0.39 is 15.9 Å². The van der Waals surface area contributed by atoms with Crippen LogP contribution >= 0.6 is 0 Å². The second kappa shape index (κ2) is 4.39. The van der Waals surface area contributed by atoms with Crippen molar-refractivity contribution < 1.29 is 13.2 Å². The summed E-state index contributed by atoms with van der Waals surface area (Å²) in [7, 11) is -3.54. The fourth-order valence-electron chi connectivity index (χ4n) is 1.15. The van der Waals surface area contributed by atoms with Crippen LogP contribution in [0.4, 0.5) is 0 Å². The number of sulfonamides is 1. The topological polar surface area (TPSA) is 76.1 Å². The molecule has 6 heteroatoms. The predicted molar refractivity (Wildman–Crippen MR) is 55.9 cm³/mol. The highest BCUT2D eigenvalue weighted by Gasteiger charge is 2.14. The van der Waals surface area contributed by atoms with E-state index in [0.29, 0.717) is 6.42 Å². The van der Waals surface area contributed by atoms with Crippen LogP contribution < -0.4 is 4.72 Å². The molecule has 1 N–H and O–H groups in total. The minimum Gasteiger partial charge on any atom is -0.266 e. The fraction of sp³-hybridized carbons (Fsp3) is 0.333. The summed E-state index contributed by atoms with van der Waals surface area (Å²) in [5.41, 5.74) is 0.879. The van der Waals surface area contributed by atoms with Gasteiger partial charge in [0.25, 0.3) is 5.91 Å². The van der Waals surface area contributed by atoms with Crippen LogP contribution in [-0.2, 0) is 16.4 Å². The number of carbonyl (C=O) groups is 1. The SMILES string of the molecule is CCc1cccnc1C(=O)NS(C)(=O)=O. The minimum absolute atomic E-state index is 0.158. The van der Waals surface area contributed by atoms with E-state index in [1.807, 2.05) is 11.6 Å². The van der Waals surface area contributed by atoms with Gasteiger partial charge in [0.2, 0.25) is 10.0 Å². The molecular formula is C9H12N2O3S. The number of pyridine rings is 1. The number of aromatic nitrogens is 1. The van der Waals surface area contributed by atoms with Crippen molar-refractivity contribution in [3.63, 3.8) is 0 Å². The molecule has 0 unspecified atom stereocenters. The van der Waals surface area contributed by atoms with Crippen molar-refractivity contribution >= 4 is 15.9 Å². The first kappa shape index (κ1) is 11.6. The van der Waals surface area contributed by atoms with Crippen LogP contribution in [0.15, 0.2) is 18.3 Å². The number of hydrogen-bond donors (Lipinski definition) is 1. The van der Waals surface area contributed by atoms with Gasteiger partial charge in [0.05, 0.1) is 6.26 Å². The zero-order valence-corrected chi connectivity index (χ0v) is 9.34. The smallest absolute Gasteiger partial charge is 0.266 e. The van der Waals surface area contributed by atoms with Gasteiger partial charge in [-0.2, -0.15) is 0 Å². The maximum Gasteiger partial charge on any atom is 0.283 e. The molecule has 82 valence electrons. The van der Waals surface area contributed by atoms with E-state index in [9.17, 15) is 13.2 Å². The molecule has 15 heavy (non-hydrogen) atoms. The molecule has 0 aromatic carbocycles. The summed E-state index contributed by atoms with van der Waals surface area (Å²) in [6.07, 6.45) is 3.01. The van der Waals surface area contributed by atoms with Gasteiger partial charge < -0.3 is 0 Å². The molecule has 0 saturated carbocycles. The van der Waals surface area contributed by atoms with Crippen molar-refractivity contribution in [2.45, 2.75) is 13.3 Å². The molecule has 0 atom stereocenters. The van der Waals surface area contributed by atoms with Gasteiger partial charge >= 0.3 is 0 Å². The molecule has 0 fully saturated rings. The first-order chi connectivity index (χ1) is 6.94. The Labute approximate surface area is 88.6 Å². The van der Waals surface area contributed by atoms with Gasteiger partial charge in [0.1, 0.15) is 5.69 Å². The standard InChI is InChI=1S/C9H12N2O3S/c1-3-7-5-4-6-10-8(7)9(12)11-15(2,13)14/h4-6H,3H2,1-2H3,(H,11,12). The quantitative estimate of drug-likeness (QED) is 0.809. The Kier molecular flexibility index (Phi) is 3.41. The van der Waals surface area contributed by atoms with E-state index in [1.54, 1.807) is 12.1 Å². The first-order valence-electron chi connectivity index (χ1n) is 4.40.